The third-order valence-electron chi connectivity index (χ3n) is 1.86. The third kappa shape index (κ3) is 3.28. The molecule has 0 aromatic carbocycles. The summed E-state index contributed by atoms with van der Waals surface area (Å²) in [4.78, 5) is 15.5. The van der Waals surface area contributed by atoms with Gasteiger partial charge in [0.25, 0.3) is 0 Å². The molecule has 5 nitrogen and oxygen atoms in total. The van der Waals surface area contributed by atoms with Crippen molar-refractivity contribution in [2.75, 3.05) is 11.6 Å². The van der Waals surface area contributed by atoms with Gasteiger partial charge in [-0.05, 0) is 13.8 Å². The summed E-state index contributed by atoms with van der Waals surface area (Å²) in [5, 5.41) is 3.61. The first-order chi connectivity index (χ1) is 6.80. The number of hydrogen-bond donors (Lipinski definition) is 1. The van der Waals surface area contributed by atoms with Crippen molar-refractivity contribution in [3.63, 3.8) is 0 Å². The zero-order valence-electron chi connectivity index (χ0n) is 8.64. The summed E-state index contributed by atoms with van der Waals surface area (Å²) < 4.78 is 22.2. The van der Waals surface area contributed by atoms with Gasteiger partial charge in [-0.15, -0.1) is 11.3 Å². The average molecular weight is 248 g/mol. The van der Waals surface area contributed by atoms with Crippen molar-refractivity contribution in [2.24, 2.45) is 0 Å². The molecule has 1 N–H and O–H groups in total. The van der Waals surface area contributed by atoms with E-state index in [1.54, 1.807) is 12.3 Å². The van der Waals surface area contributed by atoms with Crippen molar-refractivity contribution < 1.29 is 13.2 Å². The molecule has 0 radical (unpaired) electrons. The molecule has 0 aliphatic carbocycles. The Labute approximate surface area is 92.5 Å². The van der Waals surface area contributed by atoms with Crippen molar-refractivity contribution in [3.05, 3.63) is 11.1 Å². The monoisotopic (exact) mass is 248 g/mol. The lowest BCUT2D eigenvalue weighted by Crippen LogP contribution is -2.31. The van der Waals surface area contributed by atoms with Crippen LogP contribution < -0.4 is 5.32 Å². The van der Waals surface area contributed by atoms with Crippen LogP contribution in [0.5, 0.6) is 0 Å². The predicted molar refractivity (Wildman–Crippen MR) is 59.8 cm³/mol. The molecule has 1 aromatic heterocycles. The van der Waals surface area contributed by atoms with Crippen molar-refractivity contribution in [1.29, 1.82) is 0 Å². The number of aryl methyl sites for hydroxylation is 1. The summed E-state index contributed by atoms with van der Waals surface area (Å²) in [5.41, 5.74) is 0.794. The molecular formula is C8H12N2O3S2. The second-order valence-electron chi connectivity index (χ2n) is 3.26. The fraction of sp³-hybridized carbons (Fsp3) is 0.500. The van der Waals surface area contributed by atoms with Gasteiger partial charge >= 0.3 is 0 Å². The van der Waals surface area contributed by atoms with E-state index < -0.39 is 21.0 Å². The lowest BCUT2D eigenvalue weighted by atomic mass is 10.4. The van der Waals surface area contributed by atoms with E-state index in [2.05, 4.69) is 10.3 Å². The van der Waals surface area contributed by atoms with Gasteiger partial charge in [-0.25, -0.2) is 13.4 Å². The molecule has 1 aromatic rings. The Bertz CT molecular complexity index is 464. The summed E-state index contributed by atoms with van der Waals surface area (Å²) in [6.07, 6.45) is 1.03. The van der Waals surface area contributed by atoms with Crippen LogP contribution in [0.4, 0.5) is 5.13 Å². The van der Waals surface area contributed by atoms with Crippen molar-refractivity contribution in [3.8, 4) is 0 Å². The number of hydrogen-bond acceptors (Lipinski definition) is 5. The molecule has 0 bridgehead atoms. The first-order valence-electron chi connectivity index (χ1n) is 4.22. The standard InChI is InChI=1S/C8H12N2O3S2/c1-5-4-14-8(9-5)10-7(11)6(2)15(3,12)13/h4,6H,1-3H3,(H,9,10,11)/t6-/m0/s1. The molecule has 0 spiro atoms. The fourth-order valence-corrected chi connectivity index (χ4v) is 1.95. The molecule has 84 valence electrons. The summed E-state index contributed by atoms with van der Waals surface area (Å²) >= 11 is 1.27. The Hall–Kier alpha value is -0.950. The van der Waals surface area contributed by atoms with Crippen molar-refractivity contribution >= 4 is 32.2 Å². The number of carbonyl (C=O) groups excluding carboxylic acids is 1. The number of rotatable bonds is 3. The van der Waals surface area contributed by atoms with Crippen LogP contribution >= 0.6 is 11.3 Å². The normalized spacial score (nSPS) is 13.5. The van der Waals surface area contributed by atoms with Gasteiger partial charge in [0, 0.05) is 11.6 Å². The number of aromatic nitrogens is 1. The molecule has 7 heteroatoms. The van der Waals surface area contributed by atoms with Crippen LogP contribution in [0.2, 0.25) is 0 Å². The van der Waals surface area contributed by atoms with Crippen LogP contribution in [0, 0.1) is 6.92 Å². The molecule has 0 unspecified atom stereocenters. The minimum atomic E-state index is -3.35. The van der Waals surface area contributed by atoms with E-state index in [1.165, 1.54) is 18.3 Å². The molecule has 15 heavy (non-hydrogen) atoms. The van der Waals surface area contributed by atoms with Gasteiger partial charge in [-0.3, -0.25) is 4.79 Å². The summed E-state index contributed by atoms with van der Waals surface area (Å²) in [7, 11) is -3.35. The molecule has 0 saturated carbocycles. The van der Waals surface area contributed by atoms with Gasteiger partial charge in [-0.2, -0.15) is 0 Å². The zero-order valence-corrected chi connectivity index (χ0v) is 10.3. The van der Waals surface area contributed by atoms with Crippen molar-refractivity contribution in [2.45, 2.75) is 19.1 Å². The van der Waals surface area contributed by atoms with E-state index in [4.69, 9.17) is 0 Å². The maximum Gasteiger partial charge on any atom is 0.244 e. The zero-order chi connectivity index (χ0) is 11.6. The van der Waals surface area contributed by atoms with E-state index in [1.807, 2.05) is 0 Å². The Morgan fingerprint density at radius 2 is 2.20 bits per heavy atom. The molecule has 0 fully saturated rings. The summed E-state index contributed by atoms with van der Waals surface area (Å²) in [6, 6.07) is 0. The molecule has 0 saturated heterocycles. The largest absolute Gasteiger partial charge is 0.301 e. The summed E-state index contributed by atoms with van der Waals surface area (Å²) in [5.74, 6) is -0.549. The van der Waals surface area contributed by atoms with Gasteiger partial charge in [0.2, 0.25) is 5.91 Å². The first kappa shape index (κ1) is 12.1. The second-order valence-corrected chi connectivity index (χ2v) is 6.48. The number of amides is 1. The van der Waals surface area contributed by atoms with Crippen LogP contribution in [-0.2, 0) is 14.6 Å². The minimum absolute atomic E-state index is 0.424. The average Bonchev–Trinajstić information content (AvgIpc) is 2.48. The Morgan fingerprint density at radius 1 is 1.60 bits per heavy atom. The van der Waals surface area contributed by atoms with Gasteiger partial charge < -0.3 is 5.32 Å². The van der Waals surface area contributed by atoms with E-state index >= 15 is 0 Å². The number of nitrogens with one attached hydrogen (secondary N) is 1. The first-order valence-corrected chi connectivity index (χ1v) is 7.06. The number of anilines is 1. The maximum absolute atomic E-state index is 11.4. The molecular weight excluding hydrogens is 236 g/mol. The molecule has 0 aliphatic rings. The van der Waals surface area contributed by atoms with Gasteiger partial charge in [0.15, 0.2) is 15.0 Å². The van der Waals surface area contributed by atoms with E-state index in [9.17, 15) is 13.2 Å². The predicted octanol–water partition coefficient (Wildman–Crippen LogP) is 0.823. The molecule has 0 aliphatic heterocycles. The lowest BCUT2D eigenvalue weighted by Gasteiger charge is -2.07. The fourth-order valence-electron chi connectivity index (χ4n) is 0.813. The SMILES string of the molecule is Cc1csc(NC(=O)[C@H](C)S(C)(=O)=O)n1. The lowest BCUT2D eigenvalue weighted by molar-refractivity contribution is -0.115. The van der Waals surface area contributed by atoms with E-state index in [-0.39, 0.29) is 0 Å². The smallest absolute Gasteiger partial charge is 0.244 e. The number of carbonyl (C=O) groups is 1. The van der Waals surface area contributed by atoms with Crippen LogP contribution in [0.1, 0.15) is 12.6 Å². The highest BCUT2D eigenvalue weighted by Crippen LogP contribution is 2.15. The maximum atomic E-state index is 11.4. The third-order valence-corrected chi connectivity index (χ3v) is 4.23. The number of nitrogens with zero attached hydrogens (tertiary/aromatic N) is 1. The van der Waals surface area contributed by atoms with Gasteiger partial charge in [0.05, 0.1) is 5.69 Å². The highest BCUT2D eigenvalue weighted by Gasteiger charge is 2.23. The van der Waals surface area contributed by atoms with E-state index in [0.717, 1.165) is 11.9 Å². The Kier molecular flexibility index (Phi) is 3.46. The van der Waals surface area contributed by atoms with Crippen LogP contribution in [0.3, 0.4) is 0 Å². The van der Waals surface area contributed by atoms with Gasteiger partial charge in [-0.1, -0.05) is 0 Å². The van der Waals surface area contributed by atoms with Crippen LogP contribution in [-0.4, -0.2) is 30.8 Å². The highest BCUT2D eigenvalue weighted by atomic mass is 32.2. The molecule has 1 rings (SSSR count). The van der Waals surface area contributed by atoms with Crippen LogP contribution in [0.15, 0.2) is 5.38 Å². The Balaban J connectivity index is 2.72. The molecule has 1 heterocycles. The summed E-state index contributed by atoms with van der Waals surface area (Å²) in [6.45, 7) is 3.15. The quantitative estimate of drug-likeness (QED) is 0.859. The molecule has 1 atom stereocenters. The number of sulfone groups is 1. The number of thiazole rings is 1. The van der Waals surface area contributed by atoms with Crippen molar-refractivity contribution in [1.82, 2.24) is 4.98 Å². The second kappa shape index (κ2) is 4.28. The van der Waals surface area contributed by atoms with E-state index in [0.29, 0.717) is 5.13 Å². The minimum Gasteiger partial charge on any atom is -0.301 e. The topological polar surface area (TPSA) is 76.1 Å². The Morgan fingerprint density at radius 3 is 2.60 bits per heavy atom. The van der Waals surface area contributed by atoms with Gasteiger partial charge in [0.1, 0.15) is 5.25 Å². The van der Waals surface area contributed by atoms with Crippen LogP contribution in [0.25, 0.3) is 0 Å². The highest BCUT2D eigenvalue weighted by molar-refractivity contribution is 7.92. The molecule has 1 amide bonds.